The van der Waals surface area contributed by atoms with Gasteiger partial charge in [0.25, 0.3) is 5.91 Å². The van der Waals surface area contributed by atoms with E-state index in [0.717, 1.165) is 18.5 Å². The summed E-state index contributed by atoms with van der Waals surface area (Å²) in [5, 5.41) is 3.85. The third-order valence-electron chi connectivity index (χ3n) is 6.93. The van der Waals surface area contributed by atoms with Crippen LogP contribution in [0.15, 0.2) is 12.1 Å². The molecular formula is C21H30ClN3O2. The molecule has 1 aromatic rings. The number of carbonyl (C=O) groups is 1. The van der Waals surface area contributed by atoms with E-state index in [9.17, 15) is 4.79 Å². The molecule has 0 saturated carbocycles. The summed E-state index contributed by atoms with van der Waals surface area (Å²) in [5.74, 6) is 0.578. The quantitative estimate of drug-likeness (QED) is 0.835. The van der Waals surface area contributed by atoms with Gasteiger partial charge in [0.05, 0.1) is 17.3 Å². The first kappa shape index (κ1) is 18.9. The highest BCUT2D eigenvalue weighted by atomic mass is 35.5. The van der Waals surface area contributed by atoms with E-state index in [0.29, 0.717) is 28.4 Å². The molecule has 4 rings (SSSR count). The number of anilines is 1. The van der Waals surface area contributed by atoms with E-state index in [2.05, 4.69) is 29.1 Å². The number of hydrogen-bond acceptors (Lipinski definition) is 4. The Morgan fingerprint density at radius 2 is 1.85 bits per heavy atom. The summed E-state index contributed by atoms with van der Waals surface area (Å²) in [4.78, 5) is 17.8. The van der Waals surface area contributed by atoms with Gasteiger partial charge in [-0.3, -0.25) is 4.79 Å². The molecule has 3 heterocycles. The van der Waals surface area contributed by atoms with Gasteiger partial charge in [-0.15, -0.1) is 0 Å². The first-order valence-electron chi connectivity index (χ1n) is 10.1. The van der Waals surface area contributed by atoms with Crippen LogP contribution < -0.4 is 15.0 Å². The fourth-order valence-electron chi connectivity index (χ4n) is 4.95. The number of nitrogens with zero attached hydrogens (tertiary/aromatic N) is 2. The summed E-state index contributed by atoms with van der Waals surface area (Å²) in [7, 11) is 4.25. The molecule has 2 saturated heterocycles. The van der Waals surface area contributed by atoms with Crippen LogP contribution in [-0.4, -0.2) is 55.2 Å². The maximum Gasteiger partial charge on any atom is 0.255 e. The molecule has 27 heavy (non-hydrogen) atoms. The third-order valence-corrected chi connectivity index (χ3v) is 7.15. The van der Waals surface area contributed by atoms with Gasteiger partial charge >= 0.3 is 0 Å². The lowest BCUT2D eigenvalue weighted by molar-refractivity contribution is 0.0461. The van der Waals surface area contributed by atoms with Crippen LogP contribution >= 0.6 is 11.6 Å². The van der Waals surface area contributed by atoms with Gasteiger partial charge in [0.15, 0.2) is 5.75 Å². The highest BCUT2D eigenvalue weighted by Gasteiger charge is 2.37. The van der Waals surface area contributed by atoms with Crippen LogP contribution in [0.1, 0.15) is 56.3 Å². The fourth-order valence-corrected chi connectivity index (χ4v) is 5.16. The van der Waals surface area contributed by atoms with Gasteiger partial charge in [-0.25, -0.2) is 0 Å². The van der Waals surface area contributed by atoms with E-state index >= 15 is 0 Å². The van der Waals surface area contributed by atoms with Crippen molar-refractivity contribution in [1.82, 2.24) is 10.2 Å². The van der Waals surface area contributed by atoms with Crippen molar-refractivity contribution in [1.29, 1.82) is 0 Å². The maximum absolute atomic E-state index is 13.2. The lowest BCUT2D eigenvalue weighted by Crippen LogP contribution is -2.55. The van der Waals surface area contributed by atoms with E-state index in [1.54, 1.807) is 6.07 Å². The number of nitrogens with one attached hydrogen (secondary N) is 1. The number of benzene rings is 1. The van der Waals surface area contributed by atoms with Gasteiger partial charge in [0.1, 0.15) is 6.10 Å². The first-order valence-corrected chi connectivity index (χ1v) is 10.5. The summed E-state index contributed by atoms with van der Waals surface area (Å²) >= 11 is 6.35. The van der Waals surface area contributed by atoms with E-state index < -0.39 is 0 Å². The molecule has 3 aliphatic rings. The molecule has 4 unspecified atom stereocenters. The highest BCUT2D eigenvalue weighted by molar-refractivity contribution is 6.31. The smallest absolute Gasteiger partial charge is 0.255 e. The lowest BCUT2D eigenvalue weighted by Gasteiger charge is -2.47. The van der Waals surface area contributed by atoms with Crippen molar-refractivity contribution in [2.45, 2.75) is 76.2 Å². The second-order valence-electron chi connectivity index (χ2n) is 8.52. The van der Waals surface area contributed by atoms with Gasteiger partial charge < -0.3 is 19.9 Å². The van der Waals surface area contributed by atoms with Crippen LogP contribution in [0.5, 0.6) is 5.75 Å². The molecule has 1 aromatic carbocycles. The van der Waals surface area contributed by atoms with E-state index in [1.165, 1.54) is 19.3 Å². The Morgan fingerprint density at radius 3 is 2.52 bits per heavy atom. The Morgan fingerprint density at radius 1 is 1.19 bits per heavy atom. The molecule has 0 radical (unpaired) electrons. The van der Waals surface area contributed by atoms with Crippen molar-refractivity contribution in [3.63, 3.8) is 0 Å². The summed E-state index contributed by atoms with van der Waals surface area (Å²) in [6.45, 7) is 4.16. The van der Waals surface area contributed by atoms with Crippen LogP contribution in [0.2, 0.25) is 5.02 Å². The standard InChI is InChI=1S/C21H30ClN3O2/c1-12-13(2)27-20-18(8-14(22)9-19(20)24(12)3)21(26)23-15-10-16-6-5-7-17(11-15)25(16)4/h8-9,12-13,15-17H,5-7,10-11H2,1-4H3,(H,23,26). The number of piperidine rings is 2. The Hall–Kier alpha value is -1.46. The first-order chi connectivity index (χ1) is 12.8. The minimum Gasteiger partial charge on any atom is -0.486 e. The molecule has 0 aliphatic carbocycles. The second-order valence-corrected chi connectivity index (χ2v) is 8.96. The molecule has 0 aromatic heterocycles. The zero-order valence-electron chi connectivity index (χ0n) is 16.7. The number of rotatable bonds is 2. The maximum atomic E-state index is 13.2. The fraction of sp³-hybridized carbons (Fsp3) is 0.667. The Kier molecular flexibility index (Phi) is 5.02. The van der Waals surface area contributed by atoms with Crippen molar-refractivity contribution in [3.05, 3.63) is 22.7 Å². The van der Waals surface area contributed by atoms with Crippen LogP contribution in [0.3, 0.4) is 0 Å². The lowest BCUT2D eigenvalue weighted by atomic mass is 9.82. The summed E-state index contributed by atoms with van der Waals surface area (Å²) in [6.07, 6.45) is 5.83. The van der Waals surface area contributed by atoms with Crippen LogP contribution in [0, 0.1) is 0 Å². The Labute approximate surface area is 167 Å². The molecule has 5 nitrogen and oxygen atoms in total. The zero-order valence-corrected chi connectivity index (χ0v) is 17.4. The van der Waals surface area contributed by atoms with E-state index in [1.807, 2.05) is 20.0 Å². The zero-order chi connectivity index (χ0) is 19.3. The van der Waals surface area contributed by atoms with Gasteiger partial charge in [0, 0.05) is 30.2 Å². The normalized spacial score (nSPS) is 33.2. The molecule has 1 amide bonds. The Balaban J connectivity index is 1.57. The number of amides is 1. The number of carbonyl (C=O) groups excluding carboxylic acids is 1. The number of fused-ring (bicyclic) bond motifs is 3. The van der Waals surface area contributed by atoms with Crippen molar-refractivity contribution in [2.75, 3.05) is 19.0 Å². The molecular weight excluding hydrogens is 362 g/mol. The van der Waals surface area contributed by atoms with Crippen molar-refractivity contribution >= 4 is 23.2 Å². The average Bonchev–Trinajstić information content (AvgIpc) is 2.61. The highest BCUT2D eigenvalue weighted by Crippen LogP contribution is 2.41. The van der Waals surface area contributed by atoms with E-state index in [4.69, 9.17) is 16.3 Å². The molecule has 3 aliphatic heterocycles. The minimum atomic E-state index is -0.0727. The molecule has 4 atom stereocenters. The predicted molar refractivity (Wildman–Crippen MR) is 109 cm³/mol. The van der Waals surface area contributed by atoms with Gasteiger partial charge in [-0.1, -0.05) is 18.0 Å². The average molecular weight is 392 g/mol. The van der Waals surface area contributed by atoms with Crippen LogP contribution in [0.4, 0.5) is 5.69 Å². The molecule has 2 bridgehead atoms. The number of ether oxygens (including phenoxy) is 1. The topological polar surface area (TPSA) is 44.8 Å². The summed E-state index contributed by atoms with van der Waals surface area (Å²) in [6, 6.07) is 5.23. The summed E-state index contributed by atoms with van der Waals surface area (Å²) < 4.78 is 6.13. The monoisotopic (exact) mass is 391 g/mol. The Bertz CT molecular complexity index is 726. The minimum absolute atomic E-state index is 0.0120. The molecule has 0 spiro atoms. The van der Waals surface area contributed by atoms with Crippen molar-refractivity contribution < 1.29 is 9.53 Å². The van der Waals surface area contributed by atoms with Crippen LogP contribution in [-0.2, 0) is 0 Å². The molecule has 6 heteroatoms. The molecule has 1 N–H and O–H groups in total. The van der Waals surface area contributed by atoms with Crippen molar-refractivity contribution in [3.8, 4) is 5.75 Å². The SMILES string of the molecule is CC1Oc2c(C(=O)NC3CC4CCCC(C3)N4C)cc(Cl)cc2N(C)C1C. The third kappa shape index (κ3) is 3.40. The summed E-state index contributed by atoms with van der Waals surface area (Å²) in [5.41, 5.74) is 1.44. The molecule has 2 fully saturated rings. The van der Waals surface area contributed by atoms with Crippen molar-refractivity contribution in [2.24, 2.45) is 0 Å². The predicted octanol–water partition coefficient (Wildman–Crippen LogP) is 3.69. The molecule has 148 valence electrons. The van der Waals surface area contributed by atoms with Gasteiger partial charge in [-0.2, -0.15) is 0 Å². The van der Waals surface area contributed by atoms with Gasteiger partial charge in [0.2, 0.25) is 0 Å². The number of hydrogen-bond donors (Lipinski definition) is 1. The van der Waals surface area contributed by atoms with E-state index in [-0.39, 0.29) is 24.1 Å². The number of likely N-dealkylation sites (N-methyl/N-ethyl adjacent to an activating group) is 1. The van der Waals surface area contributed by atoms with Crippen LogP contribution in [0.25, 0.3) is 0 Å². The largest absolute Gasteiger partial charge is 0.486 e. The number of halogens is 1. The van der Waals surface area contributed by atoms with Gasteiger partial charge in [-0.05, 0) is 58.7 Å². The second kappa shape index (κ2) is 7.17.